The SMILES string of the molecule is CN(C)c1ccc(CCC(=O)n2ccnc2)cc1. The molecule has 0 N–H and O–H groups in total. The Morgan fingerprint density at radius 1 is 1.28 bits per heavy atom. The van der Waals surface area contributed by atoms with E-state index in [9.17, 15) is 4.79 Å². The van der Waals surface area contributed by atoms with E-state index in [4.69, 9.17) is 0 Å². The largest absolute Gasteiger partial charge is 0.378 e. The lowest BCUT2D eigenvalue weighted by molar-refractivity contribution is 0.0903. The van der Waals surface area contributed by atoms with Gasteiger partial charge in [0.25, 0.3) is 0 Å². The summed E-state index contributed by atoms with van der Waals surface area (Å²) in [5.41, 5.74) is 2.34. The van der Waals surface area contributed by atoms with Crippen molar-refractivity contribution >= 4 is 11.6 Å². The Labute approximate surface area is 107 Å². The molecule has 0 spiro atoms. The lowest BCUT2D eigenvalue weighted by Crippen LogP contribution is -2.10. The van der Waals surface area contributed by atoms with E-state index in [-0.39, 0.29) is 5.91 Å². The van der Waals surface area contributed by atoms with E-state index in [1.165, 1.54) is 22.1 Å². The summed E-state index contributed by atoms with van der Waals surface area (Å²) in [5.74, 6) is 0.0733. The average Bonchev–Trinajstić information content (AvgIpc) is 2.90. The van der Waals surface area contributed by atoms with Gasteiger partial charge in [0.1, 0.15) is 6.33 Å². The molecule has 2 rings (SSSR count). The fourth-order valence-electron chi connectivity index (χ4n) is 1.75. The van der Waals surface area contributed by atoms with Crippen LogP contribution in [0.3, 0.4) is 0 Å². The van der Waals surface area contributed by atoms with Gasteiger partial charge in [0.2, 0.25) is 5.91 Å². The highest BCUT2D eigenvalue weighted by atomic mass is 16.2. The molecule has 0 aliphatic heterocycles. The molecular weight excluding hydrogens is 226 g/mol. The number of rotatable bonds is 4. The van der Waals surface area contributed by atoms with Crippen molar-refractivity contribution in [3.05, 3.63) is 48.5 Å². The van der Waals surface area contributed by atoms with Crippen molar-refractivity contribution in [2.45, 2.75) is 12.8 Å². The lowest BCUT2D eigenvalue weighted by Gasteiger charge is -2.12. The van der Waals surface area contributed by atoms with E-state index < -0.39 is 0 Å². The van der Waals surface area contributed by atoms with E-state index in [1.807, 2.05) is 14.1 Å². The highest BCUT2D eigenvalue weighted by molar-refractivity contribution is 5.78. The summed E-state index contributed by atoms with van der Waals surface area (Å²) in [7, 11) is 4.02. The number of imidazole rings is 1. The molecule has 94 valence electrons. The van der Waals surface area contributed by atoms with Gasteiger partial charge in [-0.05, 0) is 24.1 Å². The first-order valence-electron chi connectivity index (χ1n) is 5.94. The summed E-state index contributed by atoms with van der Waals surface area (Å²) >= 11 is 0. The van der Waals surface area contributed by atoms with Crippen LogP contribution in [0.5, 0.6) is 0 Å². The molecule has 0 aliphatic rings. The zero-order chi connectivity index (χ0) is 13.0. The fraction of sp³-hybridized carbons (Fsp3) is 0.286. The van der Waals surface area contributed by atoms with Gasteiger partial charge in [-0.3, -0.25) is 9.36 Å². The predicted octanol–water partition coefficient (Wildman–Crippen LogP) is 2.22. The highest BCUT2D eigenvalue weighted by Gasteiger charge is 2.04. The van der Waals surface area contributed by atoms with E-state index in [0.29, 0.717) is 6.42 Å². The standard InChI is InChI=1S/C14H17N3O/c1-16(2)13-6-3-12(4-7-13)5-8-14(18)17-10-9-15-11-17/h3-4,6-7,9-11H,5,8H2,1-2H3. The predicted molar refractivity (Wildman–Crippen MR) is 71.9 cm³/mol. The van der Waals surface area contributed by atoms with E-state index in [1.54, 1.807) is 12.4 Å². The number of carbonyl (C=O) groups excluding carboxylic acids is 1. The second kappa shape index (κ2) is 5.49. The molecule has 0 fully saturated rings. The molecule has 2 aromatic rings. The number of aromatic nitrogens is 2. The van der Waals surface area contributed by atoms with Gasteiger partial charge < -0.3 is 4.90 Å². The van der Waals surface area contributed by atoms with Crippen LogP contribution in [0.15, 0.2) is 43.0 Å². The van der Waals surface area contributed by atoms with Gasteiger partial charge in [-0.15, -0.1) is 0 Å². The van der Waals surface area contributed by atoms with Crippen molar-refractivity contribution in [1.82, 2.24) is 9.55 Å². The third-order valence-electron chi connectivity index (χ3n) is 2.87. The number of aryl methyl sites for hydroxylation is 1. The van der Waals surface area contributed by atoms with Gasteiger partial charge in [-0.2, -0.15) is 0 Å². The van der Waals surface area contributed by atoms with Gasteiger partial charge in [0, 0.05) is 38.6 Å². The summed E-state index contributed by atoms with van der Waals surface area (Å²) in [6, 6.07) is 8.26. The summed E-state index contributed by atoms with van der Waals surface area (Å²) < 4.78 is 1.52. The van der Waals surface area contributed by atoms with Crippen molar-refractivity contribution in [2.24, 2.45) is 0 Å². The molecule has 0 aliphatic carbocycles. The maximum atomic E-state index is 11.8. The second-order valence-corrected chi connectivity index (χ2v) is 4.42. The summed E-state index contributed by atoms with van der Waals surface area (Å²) in [5, 5.41) is 0. The van der Waals surface area contributed by atoms with Crippen molar-refractivity contribution < 1.29 is 4.79 Å². The maximum Gasteiger partial charge on any atom is 0.232 e. The molecule has 0 bridgehead atoms. The van der Waals surface area contributed by atoms with Crippen LogP contribution in [0.1, 0.15) is 16.8 Å². The van der Waals surface area contributed by atoms with Crippen LogP contribution in [0, 0.1) is 0 Å². The summed E-state index contributed by atoms with van der Waals surface area (Å²) in [4.78, 5) is 17.7. The Kier molecular flexibility index (Phi) is 3.77. The minimum Gasteiger partial charge on any atom is -0.378 e. The van der Waals surface area contributed by atoms with Gasteiger partial charge >= 0.3 is 0 Å². The Hall–Kier alpha value is -2.10. The first-order valence-corrected chi connectivity index (χ1v) is 5.94. The zero-order valence-corrected chi connectivity index (χ0v) is 10.7. The minimum atomic E-state index is 0.0733. The molecule has 1 aromatic heterocycles. The van der Waals surface area contributed by atoms with Gasteiger partial charge in [0.15, 0.2) is 0 Å². The van der Waals surface area contributed by atoms with Crippen LogP contribution < -0.4 is 4.90 Å². The summed E-state index contributed by atoms with van der Waals surface area (Å²) in [6.07, 6.45) is 6.08. The molecular formula is C14H17N3O. The molecule has 1 heterocycles. The maximum absolute atomic E-state index is 11.8. The molecule has 0 radical (unpaired) electrons. The van der Waals surface area contributed by atoms with Gasteiger partial charge in [-0.1, -0.05) is 12.1 Å². The first kappa shape index (κ1) is 12.4. The molecule has 0 saturated carbocycles. The van der Waals surface area contributed by atoms with Crippen molar-refractivity contribution in [3.63, 3.8) is 0 Å². The van der Waals surface area contributed by atoms with Crippen LogP contribution in [0.4, 0.5) is 5.69 Å². The van der Waals surface area contributed by atoms with Crippen LogP contribution in [0.2, 0.25) is 0 Å². The highest BCUT2D eigenvalue weighted by Crippen LogP contribution is 2.13. The van der Waals surface area contributed by atoms with Crippen LogP contribution in [-0.2, 0) is 6.42 Å². The fourth-order valence-corrected chi connectivity index (χ4v) is 1.75. The summed E-state index contributed by atoms with van der Waals surface area (Å²) in [6.45, 7) is 0. The Balaban J connectivity index is 1.92. The zero-order valence-electron chi connectivity index (χ0n) is 10.7. The van der Waals surface area contributed by atoms with E-state index in [0.717, 1.165) is 6.42 Å². The Bertz CT molecular complexity index is 500. The number of nitrogens with zero attached hydrogens (tertiary/aromatic N) is 3. The monoisotopic (exact) mass is 243 g/mol. The van der Waals surface area contributed by atoms with E-state index >= 15 is 0 Å². The van der Waals surface area contributed by atoms with E-state index in [2.05, 4.69) is 34.1 Å². The molecule has 18 heavy (non-hydrogen) atoms. The van der Waals surface area contributed by atoms with Gasteiger partial charge in [-0.25, -0.2) is 4.98 Å². The molecule has 0 unspecified atom stereocenters. The molecule has 4 heteroatoms. The van der Waals surface area contributed by atoms with Crippen molar-refractivity contribution in [1.29, 1.82) is 0 Å². The van der Waals surface area contributed by atoms with Crippen LogP contribution in [-0.4, -0.2) is 29.6 Å². The molecule has 1 aromatic carbocycles. The number of benzene rings is 1. The average molecular weight is 243 g/mol. The number of hydrogen-bond donors (Lipinski definition) is 0. The van der Waals surface area contributed by atoms with Crippen LogP contribution in [0.25, 0.3) is 0 Å². The lowest BCUT2D eigenvalue weighted by atomic mass is 10.1. The molecule has 0 amide bonds. The topological polar surface area (TPSA) is 38.1 Å². The smallest absolute Gasteiger partial charge is 0.232 e. The normalized spacial score (nSPS) is 10.3. The minimum absolute atomic E-state index is 0.0733. The second-order valence-electron chi connectivity index (χ2n) is 4.42. The number of hydrogen-bond acceptors (Lipinski definition) is 3. The third kappa shape index (κ3) is 2.97. The number of anilines is 1. The Morgan fingerprint density at radius 2 is 2.00 bits per heavy atom. The third-order valence-corrected chi connectivity index (χ3v) is 2.87. The Morgan fingerprint density at radius 3 is 2.56 bits per heavy atom. The quantitative estimate of drug-likeness (QED) is 0.826. The van der Waals surface area contributed by atoms with Crippen LogP contribution >= 0.6 is 0 Å². The van der Waals surface area contributed by atoms with Gasteiger partial charge in [0.05, 0.1) is 0 Å². The number of carbonyl (C=O) groups is 1. The molecule has 4 nitrogen and oxygen atoms in total. The van der Waals surface area contributed by atoms with Crippen molar-refractivity contribution in [2.75, 3.05) is 19.0 Å². The first-order chi connectivity index (χ1) is 8.66. The van der Waals surface area contributed by atoms with Crippen molar-refractivity contribution in [3.8, 4) is 0 Å². The molecule has 0 atom stereocenters. The molecule has 0 saturated heterocycles.